The van der Waals surface area contributed by atoms with Gasteiger partial charge in [-0.15, -0.1) is 0 Å². The molecule has 2 aromatic heterocycles. The average Bonchev–Trinajstić information content (AvgIpc) is 0.784. The molecule has 2 N–H and O–H groups in total. The zero-order valence-corrected chi connectivity index (χ0v) is 47.3. The summed E-state index contributed by atoms with van der Waals surface area (Å²) in [6.45, 7) is 0. The molecule has 89 heavy (non-hydrogen) atoms. The first-order valence-corrected chi connectivity index (χ1v) is 29.3. The normalized spacial score (nSPS) is 13.3. The monoisotopic (exact) mass is 1200 g/mol. The summed E-state index contributed by atoms with van der Waals surface area (Å²) in [5.74, 6) is -0.434. The second-order valence-corrected chi connectivity index (χ2v) is 22.3. The molecule has 0 amide bonds. The molecule has 7 nitrogen and oxygen atoms in total. The Morgan fingerprint density at radius 1 is 0.371 bits per heavy atom. The Hall–Kier alpha value is -10.8. The fourth-order valence-electron chi connectivity index (χ4n) is 11.8. The van der Waals surface area contributed by atoms with Crippen molar-refractivity contribution in [3.63, 3.8) is 0 Å². The Bertz CT molecular complexity index is 5920. The van der Waals surface area contributed by atoms with Gasteiger partial charge in [0.05, 0.1) is 19.1 Å². The molecule has 2 heterocycles. The summed E-state index contributed by atoms with van der Waals surface area (Å²) in [4.78, 5) is 0. The molecule has 0 aliphatic heterocycles. The van der Waals surface area contributed by atoms with Crippen molar-refractivity contribution in [2.45, 2.75) is 5.51 Å². The molecule has 12 heteroatoms. The van der Waals surface area contributed by atoms with Gasteiger partial charge in [0.1, 0.15) is 22.3 Å². The number of alkyl halides is 3. The maximum atomic E-state index is 12.7. The highest BCUT2D eigenvalue weighted by Crippen LogP contribution is 2.48. The summed E-state index contributed by atoms with van der Waals surface area (Å²) in [6.07, 6.45) is 0. The van der Waals surface area contributed by atoms with Crippen LogP contribution in [0.4, 0.5) is 13.2 Å². The van der Waals surface area contributed by atoms with E-state index in [-0.39, 0.29) is 58.4 Å². The topological polar surface area (TPSA) is 110 Å². The van der Waals surface area contributed by atoms with Crippen LogP contribution in [-0.2, 0) is 10.1 Å². The van der Waals surface area contributed by atoms with Crippen molar-refractivity contribution in [2.24, 2.45) is 0 Å². The van der Waals surface area contributed by atoms with E-state index in [4.69, 9.17) is 22.5 Å². The molecule has 0 fully saturated rings. The first kappa shape index (κ1) is 45.5. The minimum atomic E-state index is -5.78. The molecule has 0 radical (unpaired) electrons. The van der Waals surface area contributed by atoms with Crippen LogP contribution in [0.15, 0.2) is 300 Å². The lowest BCUT2D eigenvalue weighted by atomic mass is 9.72. The molecule has 0 saturated carbocycles. The molecular weight excluding hydrogens is 1140 g/mol. The van der Waals surface area contributed by atoms with Gasteiger partial charge in [0.15, 0.2) is 5.75 Å². The Morgan fingerprint density at radius 2 is 0.753 bits per heavy atom. The lowest BCUT2D eigenvalue weighted by molar-refractivity contribution is -0.0499. The van der Waals surface area contributed by atoms with Gasteiger partial charge >= 0.3 is 22.7 Å². The minimum absolute atomic E-state index is 0.0948. The van der Waals surface area contributed by atoms with Crippen molar-refractivity contribution in [3.05, 3.63) is 291 Å². The largest absolute Gasteiger partial charge is 0.534 e. The van der Waals surface area contributed by atoms with Crippen molar-refractivity contribution < 1.29 is 58.4 Å². The first-order valence-electron chi connectivity index (χ1n) is 32.9. The summed E-state index contributed by atoms with van der Waals surface area (Å²) in [5, 5.41) is 28.4. The molecule has 0 saturated heterocycles. The fraction of sp³-hybridized carbons (Fsp3) is 0.0130. The summed E-state index contributed by atoms with van der Waals surface area (Å²) >= 11 is 0. The van der Waals surface area contributed by atoms with E-state index in [1.807, 2.05) is 109 Å². The van der Waals surface area contributed by atoms with Gasteiger partial charge in [-0.25, -0.2) is 0 Å². The molecule has 0 spiro atoms. The highest BCUT2D eigenvalue weighted by Gasteiger charge is 2.49. The highest BCUT2D eigenvalue weighted by molar-refractivity contribution is 7.88. The van der Waals surface area contributed by atoms with Gasteiger partial charge in [0.2, 0.25) is 0 Å². The van der Waals surface area contributed by atoms with Crippen LogP contribution in [0.25, 0.3) is 143 Å². The quantitative estimate of drug-likeness (QED) is 0.0675. The van der Waals surface area contributed by atoms with Crippen LogP contribution in [0.5, 0.6) is 5.75 Å². The molecule has 430 valence electrons. The van der Waals surface area contributed by atoms with E-state index in [0.717, 1.165) is 82.9 Å². The smallest absolute Gasteiger partial charge is 0.456 e. The van der Waals surface area contributed by atoms with E-state index in [1.54, 1.807) is 66.7 Å². The molecule has 16 rings (SSSR count). The van der Waals surface area contributed by atoms with Crippen molar-refractivity contribution in [3.8, 4) is 61.4 Å². The predicted molar refractivity (Wildman–Crippen MR) is 357 cm³/mol. The van der Waals surface area contributed by atoms with E-state index < -0.39 is 52.7 Å². The SMILES string of the molecule is O=S(=O)(Oc1cccc2oc3cc(-c4ccccc4)ccc3c12)C(F)(F)F.[2H]c1c([2H])c([2H])c(-c2c3ccccc3c(-c3cccc4oc5cc(-c6ccccc6)ccc5c34)c3ccccc23)c([2H])c1[2H].[2H]c1c([2H])c([2H])c(-c2c3ccccc3c(B(O)O)c3ccccc23)c([2H])c1[2H]. The highest BCUT2D eigenvalue weighted by atomic mass is 32.2. The number of furan rings is 2. The van der Waals surface area contributed by atoms with E-state index in [1.165, 1.54) is 12.1 Å². The van der Waals surface area contributed by atoms with Gasteiger partial charge in [-0.05, 0) is 147 Å². The fourth-order valence-corrected chi connectivity index (χ4v) is 12.3. The number of rotatable bonds is 8. The summed E-state index contributed by atoms with van der Waals surface area (Å²) in [5.41, 5.74) is 4.45. The second-order valence-electron chi connectivity index (χ2n) is 20.7. The molecule has 0 atom stereocenters. The number of hydrogen-bond acceptors (Lipinski definition) is 7. The molecule has 0 aliphatic carbocycles. The lowest BCUT2D eigenvalue weighted by Crippen LogP contribution is -2.31. The number of fused-ring (bicyclic) bond motifs is 10. The summed E-state index contributed by atoms with van der Waals surface area (Å²) in [7, 11) is -7.50. The Balaban J connectivity index is 0.000000133. The van der Waals surface area contributed by atoms with Crippen molar-refractivity contribution >= 4 is 110 Å². The molecule has 0 bridgehead atoms. The van der Waals surface area contributed by atoms with Crippen LogP contribution in [0.1, 0.15) is 13.7 Å². The zero-order chi connectivity index (χ0) is 69.5. The lowest BCUT2D eigenvalue weighted by Gasteiger charge is -2.18. The van der Waals surface area contributed by atoms with Gasteiger partial charge in [0.25, 0.3) is 0 Å². The minimum Gasteiger partial charge on any atom is -0.456 e. The van der Waals surface area contributed by atoms with Crippen molar-refractivity contribution in [1.29, 1.82) is 0 Å². The van der Waals surface area contributed by atoms with Gasteiger partial charge < -0.3 is 23.1 Å². The van der Waals surface area contributed by atoms with E-state index in [9.17, 15) is 31.6 Å². The predicted octanol–water partition coefficient (Wildman–Crippen LogP) is 19.7. The van der Waals surface area contributed by atoms with Crippen molar-refractivity contribution in [1.82, 2.24) is 0 Å². The maximum absolute atomic E-state index is 12.7. The molecule has 0 unspecified atom stereocenters. The van der Waals surface area contributed by atoms with Gasteiger partial charge in [-0.3, -0.25) is 0 Å². The third-order valence-corrected chi connectivity index (χ3v) is 16.6. The van der Waals surface area contributed by atoms with Gasteiger partial charge in [-0.1, -0.05) is 248 Å². The van der Waals surface area contributed by atoms with Gasteiger partial charge in [0, 0.05) is 16.2 Å². The standard InChI is InChI=1S/C38H24O.C20H15BO2.C19H11F3O4S/c1-3-12-25(13-4-1)27-22-23-32-35(24-27)39-34-21-11-20-33(38(32)34)37-30-18-9-7-16-28(30)36(26-14-5-2-6-15-26)29-17-8-10-19-31(29)37;22-21(23)20-17-12-6-4-10-15(17)19(14-8-2-1-3-9-14)16-11-5-7-13-18(16)20;20-19(21,22)27(23,24)26-16-8-4-7-15-18(16)14-10-9-13(11-17(14)25-15)12-5-2-1-3-6-12/h1-24H;1-13,22-23H;1-11H/i2D,5D,6D,14D,15D;1D,2D,3D,8D,9D;. The first-order chi connectivity index (χ1) is 47.5. The van der Waals surface area contributed by atoms with Crippen LogP contribution < -0.4 is 9.65 Å². The van der Waals surface area contributed by atoms with E-state index in [2.05, 4.69) is 40.6 Å². The second kappa shape index (κ2) is 23.2. The third kappa shape index (κ3) is 10.4. The molecule has 16 aromatic rings. The average molecular weight is 1200 g/mol. The van der Waals surface area contributed by atoms with Crippen LogP contribution in [0.3, 0.4) is 0 Å². The van der Waals surface area contributed by atoms with Crippen LogP contribution in [0, 0.1) is 0 Å². The molecular formula is C77H50BF3O7S. The van der Waals surface area contributed by atoms with Crippen LogP contribution in [-0.4, -0.2) is 31.1 Å². The van der Waals surface area contributed by atoms with Crippen LogP contribution in [0.2, 0.25) is 0 Å². The molecule has 14 aromatic carbocycles. The Kier molecular flexibility index (Phi) is 11.9. The van der Waals surface area contributed by atoms with E-state index >= 15 is 0 Å². The number of halogens is 3. The van der Waals surface area contributed by atoms with Gasteiger partial charge in [-0.2, -0.15) is 21.6 Å². The van der Waals surface area contributed by atoms with E-state index in [0.29, 0.717) is 49.1 Å². The zero-order valence-electron chi connectivity index (χ0n) is 56.5. The third-order valence-electron chi connectivity index (χ3n) is 15.6. The van der Waals surface area contributed by atoms with Crippen LogP contribution >= 0.6 is 0 Å². The number of benzene rings is 14. The number of hydrogen-bond donors (Lipinski definition) is 2. The summed E-state index contributed by atoms with van der Waals surface area (Å²) < 4.78 is 160. The summed E-state index contributed by atoms with van der Waals surface area (Å²) in [6, 6.07) is 67.9. The Morgan fingerprint density at radius 3 is 1.19 bits per heavy atom. The Labute approximate surface area is 523 Å². The van der Waals surface area contributed by atoms with Crippen molar-refractivity contribution in [2.75, 3.05) is 0 Å². The maximum Gasteiger partial charge on any atom is 0.534 e. The molecule has 0 aliphatic rings.